The van der Waals surface area contributed by atoms with Crippen LogP contribution in [0.3, 0.4) is 0 Å². The first-order chi connectivity index (χ1) is 28.8. The third-order valence-corrected chi connectivity index (χ3v) is 10.7. The summed E-state index contributed by atoms with van der Waals surface area (Å²) in [5.74, 6) is -0.831. The summed E-state index contributed by atoms with van der Waals surface area (Å²) >= 11 is 0. The molecule has 10 nitrogen and oxygen atoms in total. The van der Waals surface area contributed by atoms with Crippen molar-refractivity contribution in [2.75, 3.05) is 19.8 Å². The van der Waals surface area contributed by atoms with Crippen molar-refractivity contribution in [2.24, 2.45) is 0 Å². The summed E-state index contributed by atoms with van der Waals surface area (Å²) in [7, 11) is 0. The van der Waals surface area contributed by atoms with Crippen LogP contribution in [0.25, 0.3) is 0 Å². The van der Waals surface area contributed by atoms with Gasteiger partial charge in [0.1, 0.15) is 31.0 Å². The molecule has 1 heterocycles. The second kappa shape index (κ2) is 39.8. The maximum Gasteiger partial charge on any atom is 0.306 e. The Hall–Kier alpha value is -2.34. The number of carbonyl (C=O) groups excluding carboxylic acids is 2. The first-order valence-electron chi connectivity index (χ1n) is 23.7. The van der Waals surface area contributed by atoms with Gasteiger partial charge < -0.3 is 39.4 Å². The standard InChI is InChI=1S/C49H86O10/c1-3-5-7-9-11-13-15-17-19-21-22-24-26-28-30-32-34-36-38-45(52)58-42(41-57-49-48(55)47(54)46(53)43(39-50)59-49)40-56-44(51)37-35-33-31-29-27-25-23-20-18-16-14-12-10-8-6-4-2/h13-16,19-21,23,42-43,46-50,53-55H,3-12,17-18,22,24-41H2,1-2H3/b15-13-,16-14-,21-19-,23-20-. The number of rotatable bonds is 39. The molecule has 342 valence electrons. The Bertz CT molecular complexity index is 1100. The van der Waals surface area contributed by atoms with Gasteiger partial charge in [-0.3, -0.25) is 9.59 Å². The Kier molecular flexibility index (Phi) is 36.9. The third-order valence-electron chi connectivity index (χ3n) is 10.7. The number of carbonyl (C=O) groups is 2. The molecule has 4 N–H and O–H groups in total. The van der Waals surface area contributed by atoms with Crippen molar-refractivity contribution in [1.82, 2.24) is 0 Å². The van der Waals surface area contributed by atoms with Crippen LogP contribution in [0.4, 0.5) is 0 Å². The molecule has 6 unspecified atom stereocenters. The number of aliphatic hydroxyl groups excluding tert-OH is 4. The zero-order chi connectivity index (χ0) is 43.0. The zero-order valence-electron chi connectivity index (χ0n) is 37.2. The molecular formula is C49H86O10. The molecule has 0 spiro atoms. The van der Waals surface area contributed by atoms with Crippen molar-refractivity contribution in [3.8, 4) is 0 Å². The van der Waals surface area contributed by atoms with Crippen LogP contribution in [0, 0.1) is 0 Å². The molecule has 0 aromatic carbocycles. The zero-order valence-corrected chi connectivity index (χ0v) is 37.2. The van der Waals surface area contributed by atoms with Gasteiger partial charge in [0.15, 0.2) is 12.4 Å². The second-order valence-electron chi connectivity index (χ2n) is 16.2. The minimum absolute atomic E-state index is 0.217. The highest BCUT2D eigenvalue weighted by Gasteiger charge is 2.44. The molecule has 10 heteroatoms. The molecule has 6 atom stereocenters. The van der Waals surface area contributed by atoms with E-state index in [1.165, 1.54) is 83.5 Å². The summed E-state index contributed by atoms with van der Waals surface area (Å²) in [6.07, 6.45) is 39.6. The van der Waals surface area contributed by atoms with Crippen LogP contribution in [0.5, 0.6) is 0 Å². The Labute approximate surface area is 358 Å². The molecule has 0 radical (unpaired) electrons. The lowest BCUT2D eigenvalue weighted by Crippen LogP contribution is -2.59. The highest BCUT2D eigenvalue weighted by Crippen LogP contribution is 2.22. The molecule has 0 aromatic heterocycles. The predicted octanol–water partition coefficient (Wildman–Crippen LogP) is 10.4. The lowest BCUT2D eigenvalue weighted by Gasteiger charge is -2.39. The Morgan fingerprint density at radius 2 is 0.949 bits per heavy atom. The molecule has 0 aromatic rings. The van der Waals surface area contributed by atoms with Crippen molar-refractivity contribution < 1.29 is 49.0 Å². The minimum Gasteiger partial charge on any atom is -0.462 e. The van der Waals surface area contributed by atoms with Crippen LogP contribution in [-0.4, -0.2) is 89.0 Å². The van der Waals surface area contributed by atoms with E-state index in [9.17, 15) is 30.0 Å². The van der Waals surface area contributed by atoms with Gasteiger partial charge in [0.05, 0.1) is 13.2 Å². The molecule has 0 bridgehead atoms. The number of hydrogen-bond donors (Lipinski definition) is 4. The first-order valence-corrected chi connectivity index (χ1v) is 23.7. The average Bonchev–Trinajstić information content (AvgIpc) is 3.23. The van der Waals surface area contributed by atoms with Crippen molar-refractivity contribution >= 4 is 11.9 Å². The van der Waals surface area contributed by atoms with E-state index in [0.29, 0.717) is 12.8 Å². The van der Waals surface area contributed by atoms with Crippen molar-refractivity contribution in [3.05, 3.63) is 48.6 Å². The van der Waals surface area contributed by atoms with E-state index >= 15 is 0 Å². The third kappa shape index (κ3) is 31.2. The van der Waals surface area contributed by atoms with Gasteiger partial charge in [0.2, 0.25) is 0 Å². The number of allylic oxidation sites excluding steroid dienone is 8. The fraction of sp³-hybridized carbons (Fsp3) is 0.796. The summed E-state index contributed by atoms with van der Waals surface area (Å²) < 4.78 is 22.2. The fourth-order valence-corrected chi connectivity index (χ4v) is 6.89. The second-order valence-corrected chi connectivity index (χ2v) is 16.2. The molecule has 1 aliphatic heterocycles. The van der Waals surface area contributed by atoms with Gasteiger partial charge in [-0.15, -0.1) is 0 Å². The van der Waals surface area contributed by atoms with E-state index in [1.807, 2.05) is 0 Å². The fourth-order valence-electron chi connectivity index (χ4n) is 6.89. The molecule has 1 fully saturated rings. The monoisotopic (exact) mass is 835 g/mol. The minimum atomic E-state index is -1.60. The van der Waals surface area contributed by atoms with Gasteiger partial charge in [-0.25, -0.2) is 0 Å². The molecule has 1 aliphatic rings. The van der Waals surface area contributed by atoms with Crippen molar-refractivity contribution in [2.45, 2.75) is 230 Å². The van der Waals surface area contributed by atoms with E-state index in [2.05, 4.69) is 62.5 Å². The van der Waals surface area contributed by atoms with Crippen LogP contribution in [0.1, 0.15) is 194 Å². The maximum atomic E-state index is 12.8. The molecule has 1 rings (SSSR count). The van der Waals surface area contributed by atoms with Crippen LogP contribution >= 0.6 is 0 Å². The van der Waals surface area contributed by atoms with Crippen LogP contribution < -0.4 is 0 Å². The molecule has 1 saturated heterocycles. The van der Waals surface area contributed by atoms with Gasteiger partial charge in [-0.05, 0) is 77.0 Å². The summed E-state index contributed by atoms with van der Waals surface area (Å²) in [5, 5.41) is 40.1. The lowest BCUT2D eigenvalue weighted by atomic mass is 9.99. The van der Waals surface area contributed by atoms with Gasteiger partial charge in [-0.1, -0.05) is 152 Å². The largest absolute Gasteiger partial charge is 0.462 e. The SMILES string of the molecule is CCCCCC/C=C\C/C=C\CCCCCCCCCC(=O)OC(COC(=O)CCCCCCC/C=C\C/C=C\CCCCCC)COC1OC(CO)C(O)C(O)C1O. The Morgan fingerprint density at radius 3 is 1.41 bits per heavy atom. The van der Waals surface area contributed by atoms with Crippen LogP contribution in [0.15, 0.2) is 48.6 Å². The highest BCUT2D eigenvalue weighted by atomic mass is 16.7. The molecular weight excluding hydrogens is 749 g/mol. The van der Waals surface area contributed by atoms with Gasteiger partial charge >= 0.3 is 11.9 Å². The molecule has 0 aliphatic carbocycles. The Balaban J connectivity index is 2.33. The number of aliphatic hydroxyl groups is 4. The van der Waals surface area contributed by atoms with E-state index < -0.39 is 55.4 Å². The normalized spacial score (nSPS) is 20.4. The van der Waals surface area contributed by atoms with Crippen molar-refractivity contribution in [1.29, 1.82) is 0 Å². The average molecular weight is 835 g/mol. The molecule has 0 saturated carbocycles. The number of unbranched alkanes of at least 4 members (excludes halogenated alkanes) is 20. The van der Waals surface area contributed by atoms with E-state index in [1.54, 1.807) is 0 Å². The van der Waals surface area contributed by atoms with E-state index in [4.69, 9.17) is 18.9 Å². The number of ether oxygens (including phenoxy) is 4. The summed E-state index contributed by atoms with van der Waals surface area (Å²) in [4.78, 5) is 25.4. The summed E-state index contributed by atoms with van der Waals surface area (Å²) in [5.41, 5.74) is 0. The van der Waals surface area contributed by atoms with Crippen LogP contribution in [-0.2, 0) is 28.5 Å². The topological polar surface area (TPSA) is 152 Å². The summed E-state index contributed by atoms with van der Waals surface area (Å²) in [6, 6.07) is 0. The lowest BCUT2D eigenvalue weighted by molar-refractivity contribution is -0.305. The molecule has 0 amide bonds. The highest BCUT2D eigenvalue weighted by molar-refractivity contribution is 5.70. The molecule has 59 heavy (non-hydrogen) atoms. The predicted molar refractivity (Wildman–Crippen MR) is 238 cm³/mol. The van der Waals surface area contributed by atoms with Gasteiger partial charge in [0, 0.05) is 12.8 Å². The number of hydrogen-bond acceptors (Lipinski definition) is 10. The van der Waals surface area contributed by atoms with Crippen LogP contribution in [0.2, 0.25) is 0 Å². The van der Waals surface area contributed by atoms with E-state index in [0.717, 1.165) is 70.6 Å². The smallest absolute Gasteiger partial charge is 0.306 e. The number of esters is 2. The van der Waals surface area contributed by atoms with Gasteiger partial charge in [-0.2, -0.15) is 0 Å². The quantitative estimate of drug-likeness (QED) is 0.0267. The first kappa shape index (κ1) is 54.7. The maximum absolute atomic E-state index is 12.8. The Morgan fingerprint density at radius 1 is 0.525 bits per heavy atom. The summed E-state index contributed by atoms with van der Waals surface area (Å²) in [6.45, 7) is 3.37. The van der Waals surface area contributed by atoms with Crippen molar-refractivity contribution in [3.63, 3.8) is 0 Å². The van der Waals surface area contributed by atoms with E-state index in [-0.39, 0.29) is 26.1 Å². The van der Waals surface area contributed by atoms with Gasteiger partial charge in [0.25, 0.3) is 0 Å².